The molecule has 1 atom stereocenters. The molecular formula is C14H21ClN2O2S. The first kappa shape index (κ1) is 15.8. The van der Waals surface area contributed by atoms with Crippen LogP contribution >= 0.6 is 11.6 Å². The highest BCUT2D eigenvalue weighted by Crippen LogP contribution is 2.22. The average molecular weight is 317 g/mol. The Balaban J connectivity index is 1.95. The van der Waals surface area contributed by atoms with Gasteiger partial charge in [0.05, 0.1) is 5.02 Å². The highest BCUT2D eigenvalue weighted by atomic mass is 35.5. The number of aryl methyl sites for hydroxylation is 1. The van der Waals surface area contributed by atoms with Gasteiger partial charge in [-0.1, -0.05) is 17.7 Å². The molecule has 2 rings (SSSR count). The predicted molar refractivity (Wildman–Crippen MR) is 81.6 cm³/mol. The van der Waals surface area contributed by atoms with Crippen LogP contribution in [0.5, 0.6) is 0 Å². The quantitative estimate of drug-likeness (QED) is 0.876. The molecule has 0 aromatic heterocycles. The first-order valence-corrected chi connectivity index (χ1v) is 8.82. The Kier molecular flexibility index (Phi) is 5.43. The Morgan fingerprint density at radius 2 is 2.25 bits per heavy atom. The average Bonchev–Trinajstić information content (AvgIpc) is 2.42. The van der Waals surface area contributed by atoms with Crippen LogP contribution in [0.3, 0.4) is 0 Å². The van der Waals surface area contributed by atoms with Crippen molar-refractivity contribution in [1.82, 2.24) is 10.0 Å². The molecule has 0 spiro atoms. The number of hydrogen-bond donors (Lipinski definition) is 2. The van der Waals surface area contributed by atoms with Crippen LogP contribution in [0.1, 0.15) is 24.8 Å². The molecule has 2 N–H and O–H groups in total. The van der Waals surface area contributed by atoms with Crippen molar-refractivity contribution < 1.29 is 8.42 Å². The molecule has 4 nitrogen and oxygen atoms in total. The summed E-state index contributed by atoms with van der Waals surface area (Å²) in [5, 5.41) is 3.60. The van der Waals surface area contributed by atoms with Crippen LogP contribution in [0, 0.1) is 12.8 Å². The molecule has 1 heterocycles. The third-order valence-electron chi connectivity index (χ3n) is 3.62. The van der Waals surface area contributed by atoms with Crippen LogP contribution in [0.4, 0.5) is 0 Å². The fraction of sp³-hybridized carbons (Fsp3) is 0.571. The van der Waals surface area contributed by atoms with Gasteiger partial charge in [-0.2, -0.15) is 0 Å². The second-order valence-electron chi connectivity index (χ2n) is 5.33. The van der Waals surface area contributed by atoms with Gasteiger partial charge in [-0.25, -0.2) is 13.1 Å². The van der Waals surface area contributed by atoms with Gasteiger partial charge in [-0.3, -0.25) is 0 Å². The van der Waals surface area contributed by atoms with E-state index in [0.29, 0.717) is 12.5 Å². The lowest BCUT2D eigenvalue weighted by molar-refractivity contribution is 0.358. The molecule has 0 aliphatic carbocycles. The number of piperidine rings is 1. The maximum atomic E-state index is 12.2. The highest BCUT2D eigenvalue weighted by molar-refractivity contribution is 7.89. The van der Waals surface area contributed by atoms with Crippen LogP contribution in [0.2, 0.25) is 5.02 Å². The Morgan fingerprint density at radius 3 is 2.95 bits per heavy atom. The van der Waals surface area contributed by atoms with Gasteiger partial charge in [0.15, 0.2) is 0 Å². The minimum atomic E-state index is -3.52. The molecule has 0 radical (unpaired) electrons. The number of nitrogens with one attached hydrogen (secondary N) is 2. The van der Waals surface area contributed by atoms with Gasteiger partial charge in [0.25, 0.3) is 0 Å². The molecular weight excluding hydrogens is 296 g/mol. The maximum Gasteiger partial charge on any atom is 0.242 e. The summed E-state index contributed by atoms with van der Waals surface area (Å²) in [7, 11) is -3.52. The Bertz CT molecular complexity index is 554. The molecule has 1 unspecified atom stereocenters. The van der Waals surface area contributed by atoms with E-state index in [9.17, 15) is 8.42 Å². The number of hydrogen-bond acceptors (Lipinski definition) is 3. The molecule has 1 aliphatic heterocycles. The molecule has 1 aliphatic rings. The third-order valence-corrected chi connectivity index (χ3v) is 5.56. The summed E-state index contributed by atoms with van der Waals surface area (Å²) in [6.07, 6.45) is 3.19. The summed E-state index contributed by atoms with van der Waals surface area (Å²) < 4.78 is 27.1. The van der Waals surface area contributed by atoms with E-state index in [4.69, 9.17) is 11.6 Å². The largest absolute Gasteiger partial charge is 0.316 e. The molecule has 6 heteroatoms. The van der Waals surface area contributed by atoms with E-state index in [-0.39, 0.29) is 9.92 Å². The predicted octanol–water partition coefficient (Wildman–Crippen LogP) is 2.32. The normalized spacial score (nSPS) is 20.0. The van der Waals surface area contributed by atoms with Crippen molar-refractivity contribution in [2.45, 2.75) is 31.1 Å². The second kappa shape index (κ2) is 6.89. The van der Waals surface area contributed by atoms with Gasteiger partial charge in [0.1, 0.15) is 4.90 Å². The topological polar surface area (TPSA) is 58.2 Å². The molecule has 1 aromatic carbocycles. The molecule has 1 fully saturated rings. The molecule has 0 amide bonds. The summed E-state index contributed by atoms with van der Waals surface area (Å²) in [5.74, 6) is 0.555. The fourth-order valence-electron chi connectivity index (χ4n) is 2.46. The zero-order valence-electron chi connectivity index (χ0n) is 11.7. The third kappa shape index (κ3) is 4.19. The van der Waals surface area contributed by atoms with Crippen molar-refractivity contribution >= 4 is 21.6 Å². The van der Waals surface area contributed by atoms with Crippen LogP contribution in [0.15, 0.2) is 23.1 Å². The molecule has 0 bridgehead atoms. The summed E-state index contributed by atoms with van der Waals surface area (Å²) in [6.45, 7) is 4.36. The van der Waals surface area contributed by atoms with Crippen molar-refractivity contribution in [3.05, 3.63) is 28.8 Å². The maximum absolute atomic E-state index is 12.2. The van der Waals surface area contributed by atoms with E-state index in [2.05, 4.69) is 10.0 Å². The second-order valence-corrected chi connectivity index (χ2v) is 7.48. The standard InChI is InChI=1S/C14H21ClN2O2S/c1-11-4-5-13(15)14(9-11)20(18,19)17-8-6-12-3-2-7-16-10-12/h4-5,9,12,16-17H,2-3,6-8,10H2,1H3. The number of benzene rings is 1. The zero-order chi connectivity index (χ0) is 14.6. The van der Waals surface area contributed by atoms with Crippen molar-refractivity contribution in [3.63, 3.8) is 0 Å². The number of rotatable bonds is 5. The summed E-state index contributed by atoms with van der Waals surface area (Å²) in [4.78, 5) is 0.168. The van der Waals surface area contributed by atoms with Gasteiger partial charge in [0, 0.05) is 6.54 Å². The molecule has 112 valence electrons. The van der Waals surface area contributed by atoms with E-state index in [0.717, 1.165) is 25.1 Å². The SMILES string of the molecule is Cc1ccc(Cl)c(S(=O)(=O)NCCC2CCCNC2)c1. The van der Waals surface area contributed by atoms with Gasteiger partial charge in [-0.05, 0) is 62.9 Å². The van der Waals surface area contributed by atoms with Gasteiger partial charge >= 0.3 is 0 Å². The van der Waals surface area contributed by atoms with E-state index in [1.807, 2.05) is 6.92 Å². The van der Waals surface area contributed by atoms with E-state index >= 15 is 0 Å². The van der Waals surface area contributed by atoms with E-state index in [1.165, 1.54) is 12.8 Å². The van der Waals surface area contributed by atoms with Gasteiger partial charge in [-0.15, -0.1) is 0 Å². The number of halogens is 1. The lowest BCUT2D eigenvalue weighted by Gasteiger charge is -2.22. The molecule has 20 heavy (non-hydrogen) atoms. The monoisotopic (exact) mass is 316 g/mol. The van der Waals surface area contributed by atoms with Crippen LogP contribution < -0.4 is 10.0 Å². The lowest BCUT2D eigenvalue weighted by Crippen LogP contribution is -2.33. The molecule has 1 saturated heterocycles. The van der Waals surface area contributed by atoms with Crippen LogP contribution in [-0.4, -0.2) is 28.1 Å². The fourth-order valence-corrected chi connectivity index (χ4v) is 4.09. The molecule has 1 aromatic rings. The van der Waals surface area contributed by atoms with E-state index < -0.39 is 10.0 Å². The summed E-state index contributed by atoms with van der Waals surface area (Å²) in [6, 6.07) is 5.03. The van der Waals surface area contributed by atoms with Crippen LogP contribution in [0.25, 0.3) is 0 Å². The smallest absolute Gasteiger partial charge is 0.242 e. The van der Waals surface area contributed by atoms with Crippen molar-refractivity contribution in [2.24, 2.45) is 5.92 Å². The molecule has 0 saturated carbocycles. The minimum absolute atomic E-state index is 0.168. The summed E-state index contributed by atoms with van der Waals surface area (Å²) >= 11 is 5.98. The van der Waals surface area contributed by atoms with Crippen molar-refractivity contribution in [1.29, 1.82) is 0 Å². The van der Waals surface area contributed by atoms with Crippen molar-refractivity contribution in [2.75, 3.05) is 19.6 Å². The Labute approximate surface area is 126 Å². The zero-order valence-corrected chi connectivity index (χ0v) is 13.2. The lowest BCUT2D eigenvalue weighted by atomic mass is 9.96. The van der Waals surface area contributed by atoms with E-state index in [1.54, 1.807) is 18.2 Å². The van der Waals surface area contributed by atoms with Crippen molar-refractivity contribution in [3.8, 4) is 0 Å². The minimum Gasteiger partial charge on any atom is -0.316 e. The Hall–Kier alpha value is -0.620. The first-order chi connectivity index (χ1) is 9.49. The van der Waals surface area contributed by atoms with Gasteiger partial charge in [0.2, 0.25) is 10.0 Å². The first-order valence-electron chi connectivity index (χ1n) is 6.95. The highest BCUT2D eigenvalue weighted by Gasteiger charge is 2.19. The Morgan fingerprint density at radius 1 is 1.45 bits per heavy atom. The van der Waals surface area contributed by atoms with Gasteiger partial charge < -0.3 is 5.32 Å². The van der Waals surface area contributed by atoms with Crippen LogP contribution in [-0.2, 0) is 10.0 Å². The summed E-state index contributed by atoms with van der Waals surface area (Å²) in [5.41, 5.74) is 0.881. The number of sulfonamides is 1.